The molecule has 0 aromatic heterocycles. The summed E-state index contributed by atoms with van der Waals surface area (Å²) < 4.78 is 0. The second-order valence-corrected chi connectivity index (χ2v) is 5.06. The number of phenols is 1. The van der Waals surface area contributed by atoms with Crippen LogP contribution in [-0.2, 0) is 6.42 Å². The lowest BCUT2D eigenvalue weighted by atomic mass is 10.1. The van der Waals surface area contributed by atoms with Crippen LogP contribution >= 0.6 is 0 Å². The summed E-state index contributed by atoms with van der Waals surface area (Å²) >= 11 is 0. The second kappa shape index (κ2) is 6.24. The van der Waals surface area contributed by atoms with Crippen molar-refractivity contribution in [2.75, 3.05) is 0 Å². The van der Waals surface area contributed by atoms with Crippen molar-refractivity contribution in [3.63, 3.8) is 0 Å². The average molecular weight is 269 g/mol. The van der Waals surface area contributed by atoms with Gasteiger partial charge in [0.2, 0.25) is 0 Å². The van der Waals surface area contributed by atoms with Crippen LogP contribution in [0.15, 0.2) is 48.5 Å². The van der Waals surface area contributed by atoms with Crippen LogP contribution in [0.4, 0.5) is 0 Å². The van der Waals surface area contributed by atoms with Gasteiger partial charge in [0.25, 0.3) is 5.91 Å². The quantitative estimate of drug-likeness (QED) is 0.896. The van der Waals surface area contributed by atoms with Gasteiger partial charge in [-0.15, -0.1) is 0 Å². The fraction of sp³-hybridized carbons (Fsp3) is 0.235. The van der Waals surface area contributed by atoms with Crippen molar-refractivity contribution >= 4 is 5.91 Å². The number of hydrogen-bond donors (Lipinski definition) is 2. The molecule has 3 nitrogen and oxygen atoms in total. The molecule has 20 heavy (non-hydrogen) atoms. The zero-order valence-corrected chi connectivity index (χ0v) is 11.8. The topological polar surface area (TPSA) is 49.3 Å². The van der Waals surface area contributed by atoms with Crippen molar-refractivity contribution in [2.45, 2.75) is 26.3 Å². The SMILES string of the molecule is Cc1ccccc1C(=O)NC(C)Cc1ccc(O)cc1. The molecule has 1 atom stereocenters. The molecule has 0 aliphatic heterocycles. The predicted octanol–water partition coefficient (Wildman–Crippen LogP) is 3.06. The number of aromatic hydroxyl groups is 1. The maximum atomic E-state index is 12.2. The van der Waals surface area contributed by atoms with Crippen molar-refractivity contribution in [1.29, 1.82) is 0 Å². The Morgan fingerprint density at radius 1 is 1.15 bits per heavy atom. The normalized spacial score (nSPS) is 11.9. The van der Waals surface area contributed by atoms with E-state index in [1.54, 1.807) is 12.1 Å². The molecule has 0 heterocycles. The third kappa shape index (κ3) is 3.60. The van der Waals surface area contributed by atoms with Crippen LogP contribution in [0.3, 0.4) is 0 Å². The Labute approximate surface area is 119 Å². The highest BCUT2D eigenvalue weighted by Gasteiger charge is 2.11. The first-order valence-corrected chi connectivity index (χ1v) is 6.70. The number of benzene rings is 2. The van der Waals surface area contributed by atoms with Crippen LogP contribution in [0, 0.1) is 6.92 Å². The van der Waals surface area contributed by atoms with Gasteiger partial charge < -0.3 is 10.4 Å². The Kier molecular flexibility index (Phi) is 4.41. The molecule has 0 saturated heterocycles. The molecule has 104 valence electrons. The Morgan fingerprint density at radius 2 is 1.80 bits per heavy atom. The predicted molar refractivity (Wildman–Crippen MR) is 79.9 cm³/mol. The zero-order valence-electron chi connectivity index (χ0n) is 11.8. The van der Waals surface area contributed by atoms with Crippen LogP contribution in [-0.4, -0.2) is 17.1 Å². The van der Waals surface area contributed by atoms with Gasteiger partial charge in [0.05, 0.1) is 0 Å². The van der Waals surface area contributed by atoms with Crippen molar-refractivity contribution in [3.8, 4) is 5.75 Å². The third-order valence-corrected chi connectivity index (χ3v) is 3.25. The minimum Gasteiger partial charge on any atom is -0.508 e. The molecule has 2 N–H and O–H groups in total. The molecule has 3 heteroatoms. The molecule has 0 bridgehead atoms. The van der Waals surface area contributed by atoms with Crippen LogP contribution in [0.25, 0.3) is 0 Å². The summed E-state index contributed by atoms with van der Waals surface area (Å²) in [5.74, 6) is 0.208. The molecular weight excluding hydrogens is 250 g/mol. The zero-order chi connectivity index (χ0) is 14.5. The van der Waals surface area contributed by atoms with Crippen LogP contribution < -0.4 is 5.32 Å². The van der Waals surface area contributed by atoms with Crippen LogP contribution in [0.2, 0.25) is 0 Å². The maximum absolute atomic E-state index is 12.2. The van der Waals surface area contributed by atoms with E-state index in [-0.39, 0.29) is 17.7 Å². The number of carbonyl (C=O) groups is 1. The van der Waals surface area contributed by atoms with Gasteiger partial charge in [-0.3, -0.25) is 4.79 Å². The van der Waals surface area contributed by atoms with Gasteiger partial charge in [0.15, 0.2) is 0 Å². The molecule has 0 aliphatic rings. The van der Waals surface area contributed by atoms with Crippen molar-refractivity contribution in [2.24, 2.45) is 0 Å². The van der Waals surface area contributed by atoms with E-state index in [4.69, 9.17) is 0 Å². The third-order valence-electron chi connectivity index (χ3n) is 3.25. The summed E-state index contributed by atoms with van der Waals surface area (Å²) in [5.41, 5.74) is 2.77. The van der Waals surface area contributed by atoms with E-state index in [9.17, 15) is 9.90 Å². The number of aryl methyl sites for hydroxylation is 1. The monoisotopic (exact) mass is 269 g/mol. The fourth-order valence-electron chi connectivity index (χ4n) is 2.17. The standard InChI is InChI=1S/C17H19NO2/c1-12-5-3-4-6-16(12)17(20)18-13(2)11-14-7-9-15(19)10-8-14/h3-10,13,19H,11H2,1-2H3,(H,18,20). The lowest BCUT2D eigenvalue weighted by Crippen LogP contribution is -2.34. The van der Waals surface area contributed by atoms with Gasteiger partial charge >= 0.3 is 0 Å². The summed E-state index contributed by atoms with van der Waals surface area (Å²) in [6, 6.07) is 14.6. The van der Waals surface area contributed by atoms with Gasteiger partial charge in [-0.2, -0.15) is 0 Å². The minimum absolute atomic E-state index is 0.0339. The lowest BCUT2D eigenvalue weighted by Gasteiger charge is -2.15. The van der Waals surface area contributed by atoms with Crippen molar-refractivity contribution < 1.29 is 9.90 Å². The average Bonchev–Trinajstić information content (AvgIpc) is 2.41. The molecule has 1 unspecified atom stereocenters. The molecule has 0 radical (unpaired) electrons. The Hall–Kier alpha value is -2.29. The minimum atomic E-state index is -0.0469. The summed E-state index contributed by atoms with van der Waals surface area (Å²) in [6.07, 6.45) is 0.734. The molecule has 1 amide bonds. The van der Waals surface area contributed by atoms with Crippen LogP contribution in [0.5, 0.6) is 5.75 Å². The molecule has 0 spiro atoms. The van der Waals surface area contributed by atoms with E-state index in [0.29, 0.717) is 5.56 Å². The highest BCUT2D eigenvalue weighted by Crippen LogP contribution is 2.12. The summed E-state index contributed by atoms with van der Waals surface area (Å²) in [6.45, 7) is 3.91. The number of nitrogens with one attached hydrogen (secondary N) is 1. The molecule has 0 aliphatic carbocycles. The van der Waals surface area contributed by atoms with Gasteiger partial charge in [0.1, 0.15) is 5.75 Å². The smallest absolute Gasteiger partial charge is 0.251 e. The van der Waals surface area contributed by atoms with Gasteiger partial charge in [-0.05, 0) is 49.6 Å². The lowest BCUT2D eigenvalue weighted by molar-refractivity contribution is 0.0939. The number of rotatable bonds is 4. The molecule has 2 aromatic carbocycles. The van der Waals surface area contributed by atoms with E-state index < -0.39 is 0 Å². The fourth-order valence-corrected chi connectivity index (χ4v) is 2.17. The Balaban J connectivity index is 1.98. The van der Waals surface area contributed by atoms with E-state index in [1.165, 1.54) is 0 Å². The van der Waals surface area contributed by atoms with Crippen molar-refractivity contribution in [1.82, 2.24) is 5.32 Å². The Bertz CT molecular complexity index is 590. The highest BCUT2D eigenvalue weighted by molar-refractivity contribution is 5.95. The van der Waals surface area contributed by atoms with Gasteiger partial charge in [-0.1, -0.05) is 30.3 Å². The van der Waals surface area contributed by atoms with Gasteiger partial charge in [-0.25, -0.2) is 0 Å². The number of carbonyl (C=O) groups excluding carboxylic acids is 1. The highest BCUT2D eigenvalue weighted by atomic mass is 16.3. The summed E-state index contributed by atoms with van der Waals surface area (Å²) in [7, 11) is 0. The number of phenolic OH excluding ortho intramolecular Hbond substituents is 1. The second-order valence-electron chi connectivity index (χ2n) is 5.06. The van der Waals surface area contributed by atoms with E-state index in [1.807, 2.05) is 50.2 Å². The summed E-state index contributed by atoms with van der Waals surface area (Å²) in [5, 5.41) is 12.2. The molecule has 0 saturated carbocycles. The number of hydrogen-bond acceptors (Lipinski definition) is 2. The van der Waals surface area contributed by atoms with E-state index >= 15 is 0 Å². The maximum Gasteiger partial charge on any atom is 0.251 e. The van der Waals surface area contributed by atoms with E-state index in [2.05, 4.69) is 5.32 Å². The van der Waals surface area contributed by atoms with E-state index in [0.717, 1.165) is 17.5 Å². The largest absolute Gasteiger partial charge is 0.508 e. The molecule has 2 rings (SSSR count). The van der Waals surface area contributed by atoms with Crippen molar-refractivity contribution in [3.05, 3.63) is 65.2 Å². The first-order chi connectivity index (χ1) is 9.56. The molecular formula is C17H19NO2. The van der Waals surface area contributed by atoms with Gasteiger partial charge in [0, 0.05) is 11.6 Å². The molecule has 2 aromatic rings. The molecule has 0 fully saturated rings. The first-order valence-electron chi connectivity index (χ1n) is 6.70. The first kappa shape index (κ1) is 14.1. The van der Waals surface area contributed by atoms with Crippen LogP contribution in [0.1, 0.15) is 28.4 Å². The Morgan fingerprint density at radius 3 is 2.45 bits per heavy atom. The summed E-state index contributed by atoms with van der Waals surface area (Å²) in [4.78, 5) is 12.2. The number of amides is 1.